The highest BCUT2D eigenvalue weighted by atomic mass is 16.5. The summed E-state index contributed by atoms with van der Waals surface area (Å²) in [7, 11) is 1.36. The largest absolute Gasteiger partial charge is 0.466 e. The fourth-order valence-electron chi connectivity index (χ4n) is 0.796. The normalized spacial score (nSPS) is 9.31. The van der Waals surface area contributed by atoms with Crippen molar-refractivity contribution in [3.05, 3.63) is 49.4 Å². The van der Waals surface area contributed by atoms with Crippen LogP contribution in [0.15, 0.2) is 36.4 Å². The molecule has 0 N–H and O–H groups in total. The van der Waals surface area contributed by atoms with Crippen molar-refractivity contribution in [2.24, 2.45) is 0 Å². The van der Waals surface area contributed by atoms with Gasteiger partial charge in [0.15, 0.2) is 0 Å². The Kier molecular flexibility index (Phi) is 5.28. The van der Waals surface area contributed by atoms with Crippen LogP contribution in [-0.4, -0.2) is 13.1 Å². The smallest absolute Gasteiger partial charge is 0.330 e. The maximum absolute atomic E-state index is 10.7. The number of ether oxygens (including phenoxy) is 1. The number of carbonyl (C=O) groups is 1. The van der Waals surface area contributed by atoms with Gasteiger partial charge in [-0.3, -0.25) is 0 Å². The molecule has 0 heterocycles. The van der Waals surface area contributed by atoms with Gasteiger partial charge in [0.2, 0.25) is 0 Å². The SMILES string of the molecule is COC(=O)/C=C/c1ccccc1.[CH3]. The molecule has 0 fully saturated rings. The molecule has 1 radical (unpaired) electrons. The zero-order valence-electron chi connectivity index (χ0n) is 7.86. The Labute approximate surface area is 78.8 Å². The molecular formula is C11H13O2. The van der Waals surface area contributed by atoms with Crippen LogP contribution in [0.4, 0.5) is 0 Å². The van der Waals surface area contributed by atoms with Crippen molar-refractivity contribution in [1.82, 2.24) is 0 Å². The summed E-state index contributed by atoms with van der Waals surface area (Å²) >= 11 is 0. The molecule has 0 saturated heterocycles. The first kappa shape index (κ1) is 11.4. The number of esters is 1. The lowest BCUT2D eigenvalue weighted by atomic mass is 10.2. The minimum Gasteiger partial charge on any atom is -0.466 e. The van der Waals surface area contributed by atoms with Gasteiger partial charge in [-0.05, 0) is 11.6 Å². The molecule has 0 amide bonds. The monoisotopic (exact) mass is 177 g/mol. The lowest BCUT2D eigenvalue weighted by molar-refractivity contribution is -0.134. The van der Waals surface area contributed by atoms with Gasteiger partial charge in [-0.1, -0.05) is 37.8 Å². The van der Waals surface area contributed by atoms with E-state index < -0.39 is 0 Å². The summed E-state index contributed by atoms with van der Waals surface area (Å²) in [6, 6.07) is 9.59. The van der Waals surface area contributed by atoms with Crippen LogP contribution < -0.4 is 0 Å². The number of methoxy groups -OCH3 is 1. The molecule has 13 heavy (non-hydrogen) atoms. The van der Waals surface area contributed by atoms with E-state index in [-0.39, 0.29) is 13.4 Å². The van der Waals surface area contributed by atoms with E-state index in [1.54, 1.807) is 6.08 Å². The summed E-state index contributed by atoms with van der Waals surface area (Å²) in [4.78, 5) is 10.7. The van der Waals surface area contributed by atoms with Gasteiger partial charge in [0, 0.05) is 6.08 Å². The molecule has 1 aromatic carbocycles. The van der Waals surface area contributed by atoms with Crippen LogP contribution in [0.3, 0.4) is 0 Å². The van der Waals surface area contributed by atoms with Crippen molar-refractivity contribution >= 4 is 12.0 Å². The molecule has 0 aliphatic heterocycles. The van der Waals surface area contributed by atoms with Crippen molar-refractivity contribution in [2.45, 2.75) is 0 Å². The van der Waals surface area contributed by atoms with Crippen LogP contribution in [0.25, 0.3) is 6.08 Å². The van der Waals surface area contributed by atoms with Gasteiger partial charge in [0.05, 0.1) is 7.11 Å². The van der Waals surface area contributed by atoms with Gasteiger partial charge in [0.25, 0.3) is 0 Å². The lowest BCUT2D eigenvalue weighted by Crippen LogP contribution is -1.92. The standard InChI is InChI=1S/C10H10O2.CH3/c1-12-10(11)8-7-9-5-3-2-4-6-9;/h2-8H,1H3;1H3/b8-7+;. The molecule has 1 aromatic rings. The van der Waals surface area contributed by atoms with Crippen LogP contribution in [0.1, 0.15) is 5.56 Å². The highest BCUT2D eigenvalue weighted by Gasteiger charge is 1.89. The van der Waals surface area contributed by atoms with Crippen molar-refractivity contribution < 1.29 is 9.53 Å². The van der Waals surface area contributed by atoms with Crippen molar-refractivity contribution in [1.29, 1.82) is 0 Å². The van der Waals surface area contributed by atoms with Gasteiger partial charge >= 0.3 is 5.97 Å². The Morgan fingerprint density at radius 2 is 1.92 bits per heavy atom. The number of hydrogen-bond donors (Lipinski definition) is 0. The van der Waals surface area contributed by atoms with Crippen LogP contribution >= 0.6 is 0 Å². The topological polar surface area (TPSA) is 26.3 Å². The molecule has 0 saturated carbocycles. The Bertz CT molecular complexity index is 275. The Hall–Kier alpha value is -1.57. The maximum atomic E-state index is 10.7. The van der Waals surface area contributed by atoms with Crippen LogP contribution in [0, 0.1) is 7.43 Å². The van der Waals surface area contributed by atoms with Crippen molar-refractivity contribution in [3.63, 3.8) is 0 Å². The minimum absolute atomic E-state index is 0. The molecule has 0 aliphatic carbocycles. The Balaban J connectivity index is 0.00000144. The second-order valence-electron chi connectivity index (χ2n) is 2.27. The van der Waals surface area contributed by atoms with Crippen LogP contribution in [-0.2, 0) is 9.53 Å². The third kappa shape index (κ3) is 4.11. The fourth-order valence-corrected chi connectivity index (χ4v) is 0.796. The Morgan fingerprint density at radius 1 is 1.31 bits per heavy atom. The number of carbonyl (C=O) groups excluding carboxylic acids is 1. The third-order valence-electron chi connectivity index (χ3n) is 1.41. The molecule has 2 nitrogen and oxygen atoms in total. The summed E-state index contributed by atoms with van der Waals surface area (Å²) in [5.41, 5.74) is 0.989. The van der Waals surface area contributed by atoms with E-state index >= 15 is 0 Å². The van der Waals surface area contributed by atoms with Gasteiger partial charge in [-0.15, -0.1) is 0 Å². The summed E-state index contributed by atoms with van der Waals surface area (Å²) in [5, 5.41) is 0. The first-order valence-corrected chi connectivity index (χ1v) is 3.64. The maximum Gasteiger partial charge on any atom is 0.330 e. The molecule has 2 heteroatoms. The second kappa shape index (κ2) is 6.00. The predicted molar refractivity (Wildman–Crippen MR) is 53.9 cm³/mol. The van der Waals surface area contributed by atoms with Gasteiger partial charge < -0.3 is 4.74 Å². The summed E-state index contributed by atoms with van der Waals surface area (Å²) in [5.74, 6) is -0.334. The highest BCUT2D eigenvalue weighted by Crippen LogP contribution is 2.00. The average molecular weight is 177 g/mol. The van der Waals surface area contributed by atoms with E-state index in [0.29, 0.717) is 0 Å². The van der Waals surface area contributed by atoms with Gasteiger partial charge in [-0.2, -0.15) is 0 Å². The Morgan fingerprint density at radius 3 is 2.46 bits per heavy atom. The van der Waals surface area contributed by atoms with Crippen molar-refractivity contribution in [3.8, 4) is 0 Å². The molecular weight excluding hydrogens is 164 g/mol. The van der Waals surface area contributed by atoms with Crippen molar-refractivity contribution in [2.75, 3.05) is 7.11 Å². The zero-order valence-corrected chi connectivity index (χ0v) is 7.86. The molecule has 0 atom stereocenters. The minimum atomic E-state index is -0.334. The molecule has 0 bridgehead atoms. The van der Waals surface area contributed by atoms with E-state index in [4.69, 9.17) is 0 Å². The fraction of sp³-hybridized carbons (Fsp3) is 0.0909. The van der Waals surface area contributed by atoms with Crippen LogP contribution in [0.5, 0.6) is 0 Å². The first-order chi connectivity index (χ1) is 5.83. The first-order valence-electron chi connectivity index (χ1n) is 3.64. The third-order valence-corrected chi connectivity index (χ3v) is 1.41. The highest BCUT2D eigenvalue weighted by molar-refractivity contribution is 5.86. The van der Waals surface area contributed by atoms with E-state index in [1.807, 2.05) is 30.3 Å². The van der Waals surface area contributed by atoms with E-state index in [2.05, 4.69) is 4.74 Å². The van der Waals surface area contributed by atoms with Crippen LogP contribution in [0.2, 0.25) is 0 Å². The lowest BCUT2D eigenvalue weighted by Gasteiger charge is -1.91. The molecule has 0 unspecified atom stereocenters. The van der Waals surface area contributed by atoms with Gasteiger partial charge in [0.1, 0.15) is 0 Å². The predicted octanol–water partition coefficient (Wildman–Crippen LogP) is 2.32. The number of rotatable bonds is 2. The van der Waals surface area contributed by atoms with Gasteiger partial charge in [-0.25, -0.2) is 4.79 Å². The molecule has 69 valence electrons. The quantitative estimate of drug-likeness (QED) is 0.512. The van der Waals surface area contributed by atoms with E-state index in [9.17, 15) is 4.79 Å². The number of benzene rings is 1. The number of hydrogen-bond acceptors (Lipinski definition) is 2. The molecule has 1 rings (SSSR count). The average Bonchev–Trinajstić information content (AvgIpc) is 2.16. The zero-order chi connectivity index (χ0) is 8.81. The van der Waals surface area contributed by atoms with E-state index in [0.717, 1.165) is 5.56 Å². The summed E-state index contributed by atoms with van der Waals surface area (Å²) in [6.07, 6.45) is 3.11. The summed E-state index contributed by atoms with van der Waals surface area (Å²) in [6.45, 7) is 0. The second-order valence-corrected chi connectivity index (χ2v) is 2.27. The molecule has 0 aliphatic rings. The summed E-state index contributed by atoms with van der Waals surface area (Å²) < 4.78 is 4.45. The molecule has 0 spiro atoms. The molecule has 0 aromatic heterocycles. The van der Waals surface area contributed by atoms with E-state index in [1.165, 1.54) is 13.2 Å².